The molecule has 0 saturated heterocycles. The number of halogens is 4. The molecule has 2 rings (SSSR count). The molecule has 22 heavy (non-hydrogen) atoms. The highest BCUT2D eigenvalue weighted by Gasteiger charge is 2.47. The standard InChI is InChI=1S/C12H7Br4NO5/c1-2(18)9(12(21)22)17-10(19)3-4(11(17)20)6(14)8(16)7(15)5(3)13/h2,9,18H,1H3,(H,21,22)/t2-,9+/m1/s1. The Kier molecular flexibility index (Phi) is 5.18. The van der Waals surface area contributed by atoms with Crippen molar-refractivity contribution in [2.24, 2.45) is 0 Å². The molecule has 118 valence electrons. The maximum atomic E-state index is 12.5. The quantitative estimate of drug-likeness (QED) is 0.334. The van der Waals surface area contributed by atoms with Crippen molar-refractivity contribution in [3.05, 3.63) is 29.0 Å². The first-order valence-corrected chi connectivity index (χ1v) is 8.93. The predicted octanol–water partition coefficient (Wildman–Crippen LogP) is 3.17. The van der Waals surface area contributed by atoms with E-state index >= 15 is 0 Å². The fourth-order valence-electron chi connectivity index (χ4n) is 2.15. The van der Waals surface area contributed by atoms with Crippen molar-refractivity contribution in [2.75, 3.05) is 0 Å². The van der Waals surface area contributed by atoms with Gasteiger partial charge in [0.1, 0.15) is 0 Å². The Hall–Kier alpha value is -0.290. The van der Waals surface area contributed by atoms with E-state index in [0.29, 0.717) is 22.8 Å². The number of aliphatic hydroxyl groups is 1. The van der Waals surface area contributed by atoms with Crippen LogP contribution < -0.4 is 0 Å². The van der Waals surface area contributed by atoms with Gasteiger partial charge in [-0.2, -0.15) is 0 Å². The molecule has 0 bridgehead atoms. The summed E-state index contributed by atoms with van der Waals surface area (Å²) < 4.78 is 1.66. The normalized spacial score (nSPS) is 16.7. The lowest BCUT2D eigenvalue weighted by Gasteiger charge is -2.24. The lowest BCUT2D eigenvalue weighted by atomic mass is 10.1. The number of benzene rings is 1. The minimum absolute atomic E-state index is 0.0406. The van der Waals surface area contributed by atoms with Crippen LogP contribution in [0, 0.1) is 0 Å². The van der Waals surface area contributed by atoms with Gasteiger partial charge in [0.15, 0.2) is 6.04 Å². The van der Waals surface area contributed by atoms with Crippen molar-refractivity contribution in [1.82, 2.24) is 4.90 Å². The SMILES string of the molecule is C[C@@H](O)[C@@H](C(=O)O)N1C(=O)c2c(Br)c(Br)c(Br)c(Br)c2C1=O. The van der Waals surface area contributed by atoms with E-state index in [9.17, 15) is 24.6 Å². The number of nitrogens with zero attached hydrogens (tertiary/aromatic N) is 1. The molecule has 0 radical (unpaired) electrons. The van der Waals surface area contributed by atoms with Gasteiger partial charge in [-0.1, -0.05) is 0 Å². The molecule has 2 amide bonds. The highest BCUT2D eigenvalue weighted by molar-refractivity contribution is 9.15. The number of aliphatic hydroxyl groups excluding tert-OH is 1. The van der Waals surface area contributed by atoms with Crippen molar-refractivity contribution in [1.29, 1.82) is 0 Å². The maximum absolute atomic E-state index is 12.5. The smallest absolute Gasteiger partial charge is 0.329 e. The molecule has 0 aromatic heterocycles. The zero-order valence-corrected chi connectivity index (χ0v) is 17.1. The van der Waals surface area contributed by atoms with E-state index in [1.54, 1.807) is 0 Å². The van der Waals surface area contributed by atoms with Crippen LogP contribution in [0.15, 0.2) is 17.9 Å². The lowest BCUT2D eigenvalue weighted by Crippen LogP contribution is -2.50. The summed E-state index contributed by atoms with van der Waals surface area (Å²) in [6.45, 7) is 1.21. The Bertz CT molecular complexity index is 671. The third-order valence-corrected chi connectivity index (χ3v) is 7.89. The molecule has 0 saturated carbocycles. The molecule has 10 heteroatoms. The summed E-state index contributed by atoms with van der Waals surface area (Å²) in [7, 11) is 0. The molecule has 1 aromatic carbocycles. The molecule has 1 aliphatic heterocycles. The summed E-state index contributed by atoms with van der Waals surface area (Å²) in [5.41, 5.74) is 0.0812. The zero-order chi connectivity index (χ0) is 16.9. The van der Waals surface area contributed by atoms with Crippen LogP contribution in [0.4, 0.5) is 0 Å². The summed E-state index contributed by atoms with van der Waals surface area (Å²) in [6, 6.07) is -1.66. The number of aliphatic carboxylic acids is 1. The van der Waals surface area contributed by atoms with Gasteiger partial charge in [0.25, 0.3) is 11.8 Å². The van der Waals surface area contributed by atoms with E-state index in [4.69, 9.17) is 0 Å². The molecule has 1 aliphatic rings. The number of hydrogen-bond donors (Lipinski definition) is 2. The Morgan fingerprint density at radius 3 is 1.59 bits per heavy atom. The van der Waals surface area contributed by atoms with E-state index in [1.807, 2.05) is 0 Å². The first-order chi connectivity index (χ1) is 10.1. The maximum Gasteiger partial charge on any atom is 0.329 e. The van der Waals surface area contributed by atoms with Crippen LogP contribution in [0.2, 0.25) is 0 Å². The van der Waals surface area contributed by atoms with Gasteiger partial charge in [0, 0.05) is 17.9 Å². The Balaban J connectivity index is 2.71. The minimum Gasteiger partial charge on any atom is -0.480 e. The van der Waals surface area contributed by atoms with Crippen LogP contribution in [0.25, 0.3) is 0 Å². The Labute approximate surface area is 158 Å². The van der Waals surface area contributed by atoms with Gasteiger partial charge in [0.05, 0.1) is 17.2 Å². The lowest BCUT2D eigenvalue weighted by molar-refractivity contribution is -0.145. The molecule has 2 N–H and O–H groups in total. The van der Waals surface area contributed by atoms with Gasteiger partial charge >= 0.3 is 5.97 Å². The second-order valence-corrected chi connectivity index (χ2v) is 7.68. The number of carbonyl (C=O) groups is 3. The average molecular weight is 565 g/mol. The van der Waals surface area contributed by atoms with Crippen molar-refractivity contribution >= 4 is 81.5 Å². The van der Waals surface area contributed by atoms with E-state index < -0.39 is 29.9 Å². The highest BCUT2D eigenvalue weighted by Crippen LogP contribution is 2.45. The molecule has 0 spiro atoms. The largest absolute Gasteiger partial charge is 0.480 e. The molecule has 0 fully saturated rings. The zero-order valence-electron chi connectivity index (χ0n) is 10.7. The molecule has 1 aromatic rings. The number of hydrogen-bond acceptors (Lipinski definition) is 4. The van der Waals surface area contributed by atoms with Gasteiger partial charge in [-0.3, -0.25) is 14.5 Å². The Morgan fingerprint density at radius 2 is 1.32 bits per heavy atom. The van der Waals surface area contributed by atoms with Gasteiger partial charge in [0.2, 0.25) is 0 Å². The third-order valence-electron chi connectivity index (χ3n) is 3.12. The number of carboxylic acid groups (broad SMARTS) is 1. The number of fused-ring (bicyclic) bond motifs is 1. The molecule has 6 nitrogen and oxygen atoms in total. The molecule has 0 unspecified atom stereocenters. The van der Waals surface area contributed by atoms with Crippen molar-refractivity contribution in [2.45, 2.75) is 19.1 Å². The third kappa shape index (κ3) is 2.58. The second kappa shape index (κ2) is 6.31. The fourth-order valence-corrected chi connectivity index (χ4v) is 4.61. The van der Waals surface area contributed by atoms with Crippen LogP contribution >= 0.6 is 63.7 Å². The first-order valence-electron chi connectivity index (χ1n) is 5.75. The van der Waals surface area contributed by atoms with Crippen LogP contribution in [-0.2, 0) is 4.79 Å². The minimum atomic E-state index is -1.66. The highest BCUT2D eigenvalue weighted by atomic mass is 79.9. The van der Waals surface area contributed by atoms with Gasteiger partial charge < -0.3 is 10.2 Å². The topological polar surface area (TPSA) is 94.9 Å². The first kappa shape index (κ1) is 18.1. The molecule has 2 atom stereocenters. The van der Waals surface area contributed by atoms with E-state index in [-0.39, 0.29) is 11.1 Å². The van der Waals surface area contributed by atoms with E-state index in [1.165, 1.54) is 6.92 Å². The molecular weight excluding hydrogens is 558 g/mol. The molecule has 1 heterocycles. The number of carbonyl (C=O) groups excluding carboxylic acids is 2. The van der Waals surface area contributed by atoms with Crippen LogP contribution in [0.5, 0.6) is 0 Å². The van der Waals surface area contributed by atoms with E-state index in [2.05, 4.69) is 63.7 Å². The van der Waals surface area contributed by atoms with E-state index in [0.717, 1.165) is 0 Å². The van der Waals surface area contributed by atoms with Gasteiger partial charge in [-0.25, -0.2) is 4.79 Å². The summed E-state index contributed by atoms with van der Waals surface area (Å²) in [5.74, 6) is -3.03. The van der Waals surface area contributed by atoms with Crippen molar-refractivity contribution in [3.8, 4) is 0 Å². The van der Waals surface area contributed by atoms with Crippen molar-refractivity contribution in [3.63, 3.8) is 0 Å². The summed E-state index contributed by atoms with van der Waals surface area (Å²) in [5, 5.41) is 18.9. The monoisotopic (exact) mass is 561 g/mol. The van der Waals surface area contributed by atoms with Crippen LogP contribution in [0.3, 0.4) is 0 Å². The number of rotatable bonds is 3. The average Bonchev–Trinajstić information content (AvgIpc) is 2.67. The van der Waals surface area contributed by atoms with Crippen LogP contribution in [-0.4, -0.2) is 45.0 Å². The molecular formula is C12H7Br4NO5. The Morgan fingerprint density at radius 1 is 0.955 bits per heavy atom. The predicted molar refractivity (Wildman–Crippen MR) is 90.8 cm³/mol. The summed E-state index contributed by atoms with van der Waals surface area (Å²) in [6.07, 6.45) is -1.41. The number of carboxylic acids is 1. The van der Waals surface area contributed by atoms with Crippen molar-refractivity contribution < 1.29 is 24.6 Å². The summed E-state index contributed by atoms with van der Waals surface area (Å²) >= 11 is 13.0. The summed E-state index contributed by atoms with van der Waals surface area (Å²) in [4.78, 5) is 37.0. The van der Waals surface area contributed by atoms with Gasteiger partial charge in [-0.15, -0.1) is 0 Å². The fraction of sp³-hybridized carbons (Fsp3) is 0.250. The second-order valence-electron chi connectivity index (χ2n) is 4.51. The van der Waals surface area contributed by atoms with Crippen LogP contribution in [0.1, 0.15) is 27.6 Å². The molecule has 0 aliphatic carbocycles. The van der Waals surface area contributed by atoms with Gasteiger partial charge in [-0.05, 0) is 70.6 Å². The number of imide groups is 1. The number of amides is 2.